The van der Waals surface area contributed by atoms with Crippen molar-refractivity contribution in [3.05, 3.63) is 23.8 Å². The molecule has 1 aliphatic heterocycles. The summed E-state index contributed by atoms with van der Waals surface area (Å²) in [4.78, 5) is 0. The van der Waals surface area contributed by atoms with Crippen LogP contribution < -0.4 is 14.8 Å². The lowest BCUT2D eigenvalue weighted by atomic mass is 10.0. The number of hydrogen-bond acceptors (Lipinski definition) is 3. The summed E-state index contributed by atoms with van der Waals surface area (Å²) in [7, 11) is 0. The molecular formula is C17H27NO2. The highest BCUT2D eigenvalue weighted by Gasteiger charge is 2.32. The van der Waals surface area contributed by atoms with Crippen LogP contribution in [-0.2, 0) is 6.42 Å². The third-order valence-electron chi connectivity index (χ3n) is 3.74. The van der Waals surface area contributed by atoms with Crippen molar-refractivity contribution in [3.8, 4) is 11.5 Å². The SMILES string of the molecule is CCNC(COc1cccc2c1OC(C)(C)C2)C(C)C. The third kappa shape index (κ3) is 3.45. The summed E-state index contributed by atoms with van der Waals surface area (Å²) in [6.45, 7) is 12.4. The van der Waals surface area contributed by atoms with E-state index in [4.69, 9.17) is 9.47 Å². The zero-order valence-electron chi connectivity index (χ0n) is 13.3. The van der Waals surface area contributed by atoms with Crippen molar-refractivity contribution in [2.24, 2.45) is 5.92 Å². The second-order valence-corrected chi connectivity index (χ2v) is 6.50. The highest BCUT2D eigenvalue weighted by Crippen LogP contribution is 2.41. The van der Waals surface area contributed by atoms with Gasteiger partial charge < -0.3 is 14.8 Å². The second-order valence-electron chi connectivity index (χ2n) is 6.50. The highest BCUT2D eigenvalue weighted by molar-refractivity contribution is 5.50. The summed E-state index contributed by atoms with van der Waals surface area (Å²) in [5.74, 6) is 2.34. The Morgan fingerprint density at radius 2 is 2.10 bits per heavy atom. The predicted molar refractivity (Wildman–Crippen MR) is 82.7 cm³/mol. The number of para-hydroxylation sites is 1. The molecule has 1 N–H and O–H groups in total. The first-order chi connectivity index (χ1) is 9.43. The maximum atomic E-state index is 6.03. The minimum Gasteiger partial charge on any atom is -0.488 e. The number of nitrogens with one attached hydrogen (secondary N) is 1. The van der Waals surface area contributed by atoms with Gasteiger partial charge in [-0.2, -0.15) is 0 Å². The minimum atomic E-state index is -0.124. The van der Waals surface area contributed by atoms with Crippen LogP contribution in [0.25, 0.3) is 0 Å². The molecule has 2 rings (SSSR count). The Hall–Kier alpha value is -1.22. The Kier molecular flexibility index (Phi) is 4.59. The van der Waals surface area contributed by atoms with Gasteiger partial charge >= 0.3 is 0 Å². The van der Waals surface area contributed by atoms with Gasteiger partial charge in [0.15, 0.2) is 11.5 Å². The van der Waals surface area contributed by atoms with Crippen LogP contribution in [-0.4, -0.2) is 24.8 Å². The Morgan fingerprint density at radius 3 is 2.75 bits per heavy atom. The molecule has 1 aromatic rings. The molecule has 3 nitrogen and oxygen atoms in total. The molecule has 0 bridgehead atoms. The molecule has 1 heterocycles. The second kappa shape index (κ2) is 6.04. The van der Waals surface area contributed by atoms with Gasteiger partial charge in [0.25, 0.3) is 0 Å². The van der Waals surface area contributed by atoms with Crippen LogP contribution in [0.1, 0.15) is 40.2 Å². The first-order valence-electron chi connectivity index (χ1n) is 7.60. The van der Waals surface area contributed by atoms with E-state index < -0.39 is 0 Å². The van der Waals surface area contributed by atoms with Crippen molar-refractivity contribution in [1.82, 2.24) is 5.32 Å². The van der Waals surface area contributed by atoms with Gasteiger partial charge in [0.2, 0.25) is 0 Å². The van der Waals surface area contributed by atoms with E-state index in [1.54, 1.807) is 0 Å². The molecule has 0 aliphatic carbocycles. The number of ether oxygens (including phenoxy) is 2. The van der Waals surface area contributed by atoms with Crippen molar-refractivity contribution in [2.45, 2.75) is 52.7 Å². The first-order valence-corrected chi connectivity index (χ1v) is 7.60. The molecule has 0 saturated carbocycles. The Morgan fingerprint density at radius 1 is 1.35 bits per heavy atom. The van der Waals surface area contributed by atoms with Crippen molar-refractivity contribution in [3.63, 3.8) is 0 Å². The van der Waals surface area contributed by atoms with Gasteiger partial charge in [-0.1, -0.05) is 32.9 Å². The average molecular weight is 277 g/mol. The minimum absolute atomic E-state index is 0.124. The lowest BCUT2D eigenvalue weighted by molar-refractivity contribution is 0.130. The van der Waals surface area contributed by atoms with Crippen molar-refractivity contribution >= 4 is 0 Å². The number of hydrogen-bond donors (Lipinski definition) is 1. The number of fused-ring (bicyclic) bond motifs is 1. The fourth-order valence-electron chi connectivity index (χ4n) is 2.63. The molecule has 1 aromatic carbocycles. The third-order valence-corrected chi connectivity index (χ3v) is 3.74. The predicted octanol–water partition coefficient (Wildman–Crippen LogP) is 3.41. The average Bonchev–Trinajstić information content (AvgIpc) is 2.68. The highest BCUT2D eigenvalue weighted by atomic mass is 16.5. The van der Waals surface area contributed by atoms with Crippen molar-refractivity contribution in [2.75, 3.05) is 13.2 Å². The zero-order valence-corrected chi connectivity index (χ0v) is 13.3. The molecule has 20 heavy (non-hydrogen) atoms. The fourth-order valence-corrected chi connectivity index (χ4v) is 2.63. The molecule has 112 valence electrons. The van der Waals surface area contributed by atoms with E-state index in [-0.39, 0.29) is 5.60 Å². The van der Waals surface area contributed by atoms with E-state index in [2.05, 4.69) is 52.1 Å². The van der Waals surface area contributed by atoms with Crippen LogP contribution in [0.4, 0.5) is 0 Å². The monoisotopic (exact) mass is 277 g/mol. The van der Waals surface area contributed by atoms with Gasteiger partial charge in [0, 0.05) is 18.0 Å². The summed E-state index contributed by atoms with van der Waals surface area (Å²) in [6, 6.07) is 6.55. The molecular weight excluding hydrogens is 250 g/mol. The topological polar surface area (TPSA) is 30.5 Å². The number of benzene rings is 1. The van der Waals surface area contributed by atoms with E-state index in [0.717, 1.165) is 24.5 Å². The molecule has 1 unspecified atom stereocenters. The van der Waals surface area contributed by atoms with Crippen LogP contribution in [0.3, 0.4) is 0 Å². The summed E-state index contributed by atoms with van der Waals surface area (Å²) in [5, 5.41) is 3.47. The van der Waals surface area contributed by atoms with Crippen molar-refractivity contribution < 1.29 is 9.47 Å². The zero-order chi connectivity index (χ0) is 14.8. The lowest BCUT2D eigenvalue weighted by Crippen LogP contribution is -2.38. The molecule has 0 saturated heterocycles. The summed E-state index contributed by atoms with van der Waals surface area (Å²) in [6.07, 6.45) is 0.945. The van der Waals surface area contributed by atoms with Gasteiger partial charge in [-0.25, -0.2) is 0 Å². The molecule has 0 aromatic heterocycles. The van der Waals surface area contributed by atoms with Gasteiger partial charge in [0.05, 0.1) is 0 Å². The summed E-state index contributed by atoms with van der Waals surface area (Å²) >= 11 is 0. The maximum Gasteiger partial charge on any atom is 0.165 e. The normalized spacial score (nSPS) is 17.7. The van der Waals surface area contributed by atoms with Gasteiger partial charge in [-0.05, 0) is 32.4 Å². The van der Waals surface area contributed by atoms with Crippen LogP contribution in [0, 0.1) is 5.92 Å². The van der Waals surface area contributed by atoms with E-state index in [1.807, 2.05) is 6.07 Å². The first kappa shape index (κ1) is 15.2. The van der Waals surface area contributed by atoms with Crippen molar-refractivity contribution in [1.29, 1.82) is 0 Å². The van der Waals surface area contributed by atoms with Crippen LogP contribution in [0.2, 0.25) is 0 Å². The summed E-state index contributed by atoms with van der Waals surface area (Å²) in [5.41, 5.74) is 1.12. The van der Waals surface area contributed by atoms with E-state index in [9.17, 15) is 0 Å². The fraction of sp³-hybridized carbons (Fsp3) is 0.647. The molecule has 0 fully saturated rings. The molecule has 0 spiro atoms. The molecule has 1 atom stereocenters. The largest absolute Gasteiger partial charge is 0.488 e. The molecule has 1 aliphatic rings. The van der Waals surface area contributed by atoms with Gasteiger partial charge in [-0.15, -0.1) is 0 Å². The molecule has 0 radical (unpaired) electrons. The standard InChI is InChI=1S/C17H27NO2/c1-6-18-14(12(2)3)11-19-15-9-7-8-13-10-17(4,5)20-16(13)15/h7-9,12,14,18H,6,10-11H2,1-5H3. The molecule has 3 heteroatoms. The number of likely N-dealkylation sites (N-methyl/N-ethyl adjacent to an activating group) is 1. The van der Waals surface area contributed by atoms with Crippen LogP contribution >= 0.6 is 0 Å². The maximum absolute atomic E-state index is 6.03. The summed E-state index contributed by atoms with van der Waals surface area (Å²) < 4.78 is 12.1. The van der Waals surface area contributed by atoms with E-state index in [0.29, 0.717) is 18.6 Å². The smallest absolute Gasteiger partial charge is 0.165 e. The van der Waals surface area contributed by atoms with E-state index in [1.165, 1.54) is 5.56 Å². The van der Waals surface area contributed by atoms with Gasteiger partial charge in [-0.3, -0.25) is 0 Å². The van der Waals surface area contributed by atoms with Gasteiger partial charge in [0.1, 0.15) is 12.2 Å². The van der Waals surface area contributed by atoms with Crippen LogP contribution in [0.5, 0.6) is 11.5 Å². The lowest BCUT2D eigenvalue weighted by Gasteiger charge is -2.23. The quantitative estimate of drug-likeness (QED) is 0.864. The molecule has 0 amide bonds. The Labute approximate surface area is 122 Å². The van der Waals surface area contributed by atoms with E-state index >= 15 is 0 Å². The number of rotatable bonds is 6. The van der Waals surface area contributed by atoms with Crippen LogP contribution in [0.15, 0.2) is 18.2 Å². The Balaban J connectivity index is 2.06. The Bertz CT molecular complexity index is 454.